The van der Waals surface area contributed by atoms with Crippen LogP contribution in [-0.4, -0.2) is 36.2 Å². The Hall–Kier alpha value is -1.31. The van der Waals surface area contributed by atoms with Crippen molar-refractivity contribution in [3.63, 3.8) is 0 Å². The number of carbonyl (C=O) groups is 1. The number of carbonyl (C=O) groups excluding carboxylic acids is 1. The van der Waals surface area contributed by atoms with Gasteiger partial charge in [-0.1, -0.05) is 0 Å². The van der Waals surface area contributed by atoms with Gasteiger partial charge in [0.25, 0.3) is 11.6 Å². The lowest BCUT2D eigenvalue weighted by atomic mass is 10.1. The molecular formula is C13H18ClN3O3S. The van der Waals surface area contributed by atoms with Crippen molar-refractivity contribution < 1.29 is 9.72 Å². The molecule has 0 bridgehead atoms. The van der Waals surface area contributed by atoms with Crippen LogP contribution in [-0.2, 0) is 0 Å². The first-order valence-corrected chi connectivity index (χ1v) is 7.68. The summed E-state index contributed by atoms with van der Waals surface area (Å²) in [4.78, 5) is 23.4. The van der Waals surface area contributed by atoms with Gasteiger partial charge in [-0.2, -0.15) is 0 Å². The molecule has 1 aromatic carbocycles. The van der Waals surface area contributed by atoms with E-state index in [1.165, 1.54) is 17.8 Å². The molecule has 116 valence electrons. The van der Waals surface area contributed by atoms with E-state index in [0.29, 0.717) is 6.54 Å². The lowest BCUT2D eigenvalue weighted by molar-refractivity contribution is -0.385. The quantitative estimate of drug-likeness (QED) is 0.491. The Kier molecular flexibility index (Phi) is 6.94. The molecule has 1 heterocycles. The summed E-state index contributed by atoms with van der Waals surface area (Å²) in [7, 11) is 0. The molecule has 0 radical (unpaired) electrons. The van der Waals surface area contributed by atoms with Gasteiger partial charge >= 0.3 is 0 Å². The van der Waals surface area contributed by atoms with E-state index >= 15 is 0 Å². The first kappa shape index (κ1) is 17.7. The third-order valence-electron chi connectivity index (χ3n) is 3.32. The summed E-state index contributed by atoms with van der Waals surface area (Å²) in [5, 5.41) is 17.0. The molecule has 0 saturated carbocycles. The van der Waals surface area contributed by atoms with E-state index in [4.69, 9.17) is 0 Å². The SMILES string of the molecule is CSc1ccc([N+](=O)[O-])c(C(=O)NCC2CCCN2)c1.Cl. The first-order chi connectivity index (χ1) is 9.61. The standard InChI is InChI=1S/C13H17N3O3S.ClH/c1-20-10-4-5-12(16(18)19)11(7-10)13(17)15-8-9-3-2-6-14-9;/h4-5,7,9,14H,2-3,6,8H2,1H3,(H,15,17);1H. The zero-order valence-corrected chi connectivity index (χ0v) is 13.3. The number of thioether (sulfide) groups is 1. The molecule has 1 atom stereocenters. The molecule has 2 N–H and O–H groups in total. The minimum Gasteiger partial charge on any atom is -0.350 e. The smallest absolute Gasteiger partial charge is 0.282 e. The van der Waals surface area contributed by atoms with Crippen molar-refractivity contribution in [3.8, 4) is 0 Å². The monoisotopic (exact) mass is 331 g/mol. The van der Waals surface area contributed by atoms with E-state index in [1.807, 2.05) is 6.26 Å². The van der Waals surface area contributed by atoms with Crippen molar-refractivity contribution in [2.45, 2.75) is 23.8 Å². The number of nitrogens with zero attached hydrogens (tertiary/aromatic N) is 1. The van der Waals surface area contributed by atoms with Crippen molar-refractivity contribution in [1.29, 1.82) is 0 Å². The van der Waals surface area contributed by atoms with Crippen LogP contribution < -0.4 is 10.6 Å². The number of hydrogen-bond donors (Lipinski definition) is 2. The Morgan fingerprint density at radius 2 is 2.33 bits per heavy atom. The fourth-order valence-corrected chi connectivity index (χ4v) is 2.67. The zero-order valence-electron chi connectivity index (χ0n) is 11.6. The predicted octanol–water partition coefficient (Wildman–Crippen LogP) is 2.22. The van der Waals surface area contributed by atoms with Crippen molar-refractivity contribution in [2.75, 3.05) is 19.3 Å². The van der Waals surface area contributed by atoms with Gasteiger partial charge in [-0.25, -0.2) is 0 Å². The first-order valence-electron chi connectivity index (χ1n) is 6.46. The van der Waals surface area contributed by atoms with E-state index in [-0.39, 0.29) is 35.6 Å². The van der Waals surface area contributed by atoms with Crippen LogP contribution in [0.4, 0.5) is 5.69 Å². The summed E-state index contributed by atoms with van der Waals surface area (Å²) in [6.45, 7) is 1.46. The Labute approximate surface area is 133 Å². The van der Waals surface area contributed by atoms with E-state index < -0.39 is 4.92 Å². The molecule has 1 aromatic rings. The summed E-state index contributed by atoms with van der Waals surface area (Å²) in [6.07, 6.45) is 3.99. The molecule has 1 aliphatic rings. The minimum absolute atomic E-state index is 0. The van der Waals surface area contributed by atoms with Crippen LogP contribution in [0, 0.1) is 10.1 Å². The van der Waals surface area contributed by atoms with Crippen LogP contribution in [0.2, 0.25) is 0 Å². The third kappa shape index (κ3) is 4.59. The van der Waals surface area contributed by atoms with Crippen molar-refractivity contribution in [1.82, 2.24) is 10.6 Å². The number of amides is 1. The number of halogens is 1. The lowest BCUT2D eigenvalue weighted by Gasteiger charge is -2.12. The summed E-state index contributed by atoms with van der Waals surface area (Å²) in [5.41, 5.74) is -0.0282. The molecule has 0 aromatic heterocycles. The molecule has 1 unspecified atom stereocenters. The fourth-order valence-electron chi connectivity index (χ4n) is 2.23. The molecule has 1 aliphatic heterocycles. The number of rotatable bonds is 5. The number of nitro groups is 1. The van der Waals surface area contributed by atoms with Gasteiger partial charge in [0.15, 0.2) is 0 Å². The van der Waals surface area contributed by atoms with Gasteiger partial charge in [-0.05, 0) is 37.8 Å². The zero-order chi connectivity index (χ0) is 14.5. The fraction of sp³-hybridized carbons (Fsp3) is 0.462. The second-order valence-corrected chi connectivity index (χ2v) is 5.52. The van der Waals surface area contributed by atoms with Gasteiger partial charge in [-0.15, -0.1) is 24.2 Å². The van der Waals surface area contributed by atoms with Crippen LogP contribution in [0.25, 0.3) is 0 Å². The maximum atomic E-state index is 12.1. The lowest BCUT2D eigenvalue weighted by Crippen LogP contribution is -2.37. The van der Waals surface area contributed by atoms with Crippen LogP contribution in [0.1, 0.15) is 23.2 Å². The number of benzene rings is 1. The molecule has 21 heavy (non-hydrogen) atoms. The van der Waals surface area contributed by atoms with Crippen molar-refractivity contribution in [3.05, 3.63) is 33.9 Å². The van der Waals surface area contributed by atoms with Crippen LogP contribution >= 0.6 is 24.2 Å². The van der Waals surface area contributed by atoms with Gasteiger partial charge in [-0.3, -0.25) is 14.9 Å². The predicted molar refractivity (Wildman–Crippen MR) is 85.5 cm³/mol. The van der Waals surface area contributed by atoms with Crippen LogP contribution in [0.5, 0.6) is 0 Å². The number of nitrogens with one attached hydrogen (secondary N) is 2. The van der Waals surface area contributed by atoms with Gasteiger partial charge < -0.3 is 10.6 Å². The number of nitro benzene ring substituents is 1. The Bertz CT molecular complexity index is 521. The summed E-state index contributed by atoms with van der Waals surface area (Å²) in [6, 6.07) is 4.87. The highest BCUT2D eigenvalue weighted by molar-refractivity contribution is 7.98. The second-order valence-electron chi connectivity index (χ2n) is 4.64. The molecule has 1 fully saturated rings. The molecule has 0 spiro atoms. The normalized spacial score (nSPS) is 17.1. The van der Waals surface area contributed by atoms with Crippen molar-refractivity contribution in [2.24, 2.45) is 0 Å². The Morgan fingerprint density at radius 1 is 1.57 bits per heavy atom. The van der Waals surface area contributed by atoms with Gasteiger partial charge in [0.05, 0.1) is 4.92 Å². The van der Waals surface area contributed by atoms with E-state index in [1.54, 1.807) is 12.1 Å². The largest absolute Gasteiger partial charge is 0.350 e. The highest BCUT2D eigenvalue weighted by Gasteiger charge is 2.22. The van der Waals surface area contributed by atoms with E-state index in [0.717, 1.165) is 24.3 Å². The van der Waals surface area contributed by atoms with E-state index in [9.17, 15) is 14.9 Å². The molecule has 1 amide bonds. The maximum Gasteiger partial charge on any atom is 0.282 e. The van der Waals surface area contributed by atoms with Crippen molar-refractivity contribution >= 4 is 35.8 Å². The van der Waals surface area contributed by atoms with Gasteiger partial charge in [0.1, 0.15) is 5.56 Å². The maximum absolute atomic E-state index is 12.1. The molecule has 6 nitrogen and oxygen atoms in total. The van der Waals surface area contributed by atoms with Crippen LogP contribution in [0.15, 0.2) is 23.1 Å². The topological polar surface area (TPSA) is 84.3 Å². The highest BCUT2D eigenvalue weighted by atomic mass is 35.5. The van der Waals surface area contributed by atoms with Gasteiger partial charge in [0, 0.05) is 23.5 Å². The summed E-state index contributed by atoms with van der Waals surface area (Å²) in [5.74, 6) is -0.388. The minimum atomic E-state index is -0.521. The summed E-state index contributed by atoms with van der Waals surface area (Å²) < 4.78 is 0. The van der Waals surface area contributed by atoms with Crippen LogP contribution in [0.3, 0.4) is 0 Å². The molecular weight excluding hydrogens is 314 g/mol. The average molecular weight is 332 g/mol. The van der Waals surface area contributed by atoms with E-state index in [2.05, 4.69) is 10.6 Å². The van der Waals surface area contributed by atoms with Gasteiger partial charge in [0.2, 0.25) is 0 Å². The molecule has 8 heteroatoms. The Balaban J connectivity index is 0.00000220. The molecule has 1 saturated heterocycles. The highest BCUT2D eigenvalue weighted by Crippen LogP contribution is 2.24. The second kappa shape index (κ2) is 8.21. The number of hydrogen-bond acceptors (Lipinski definition) is 5. The molecule has 0 aliphatic carbocycles. The third-order valence-corrected chi connectivity index (χ3v) is 4.04. The Morgan fingerprint density at radius 3 is 2.90 bits per heavy atom. The molecule has 2 rings (SSSR count). The average Bonchev–Trinajstić information content (AvgIpc) is 2.97. The summed E-state index contributed by atoms with van der Waals surface area (Å²) >= 11 is 1.45.